The van der Waals surface area contributed by atoms with Crippen LogP contribution in [0.1, 0.15) is 15.2 Å². The van der Waals surface area contributed by atoms with Crippen molar-refractivity contribution in [2.45, 2.75) is 13.0 Å². The Balaban J connectivity index is 1.83. The number of halogens is 2. The molecule has 0 bridgehead atoms. The average molecular weight is 450 g/mol. The minimum Gasteiger partial charge on any atom is -0.465 e. The lowest BCUT2D eigenvalue weighted by Crippen LogP contribution is -2.44. The van der Waals surface area contributed by atoms with Gasteiger partial charge in [0, 0.05) is 33.6 Å². The van der Waals surface area contributed by atoms with Crippen LogP contribution >= 0.6 is 22.9 Å². The van der Waals surface area contributed by atoms with E-state index in [0.29, 0.717) is 25.3 Å². The van der Waals surface area contributed by atoms with E-state index in [2.05, 4.69) is 0 Å². The van der Waals surface area contributed by atoms with Gasteiger partial charge in [0.25, 0.3) is 0 Å². The van der Waals surface area contributed by atoms with Crippen molar-refractivity contribution >= 4 is 44.7 Å². The van der Waals surface area contributed by atoms with Crippen molar-refractivity contribution < 1.29 is 23.8 Å². The molecule has 5 nitrogen and oxygen atoms in total. The Morgan fingerprint density at radius 2 is 2.20 bits per heavy atom. The second-order valence-corrected chi connectivity index (χ2v) is 8.80. The number of rotatable bonds is 4. The third-order valence-corrected chi connectivity index (χ3v) is 6.64. The standard InChI is InChI=1S/C22H21ClFNO4S/c1-12-21(16-8-18(24)17(23)9-20(16)30-12)13-3-4-19(15(7-13)22(27)28-2)25-5-6-29-14(10-25)11-26/h3-4,7-9,14,26H,5-6,10-11H2,1-2H3/t14-/m0/s1. The molecule has 0 spiro atoms. The molecule has 1 aliphatic rings. The van der Waals surface area contributed by atoms with Crippen molar-refractivity contribution in [1.82, 2.24) is 0 Å². The summed E-state index contributed by atoms with van der Waals surface area (Å²) in [6.07, 6.45) is -0.306. The van der Waals surface area contributed by atoms with E-state index in [9.17, 15) is 14.3 Å². The average Bonchev–Trinajstić information content (AvgIpc) is 3.07. The quantitative estimate of drug-likeness (QED) is 0.587. The highest BCUT2D eigenvalue weighted by molar-refractivity contribution is 7.19. The van der Waals surface area contributed by atoms with Crippen LogP contribution in [0.15, 0.2) is 30.3 Å². The molecule has 0 amide bonds. The number of carbonyl (C=O) groups excluding carboxylic acids is 1. The summed E-state index contributed by atoms with van der Waals surface area (Å²) >= 11 is 7.48. The van der Waals surface area contributed by atoms with E-state index >= 15 is 0 Å². The summed E-state index contributed by atoms with van der Waals surface area (Å²) in [5.74, 6) is -0.929. The Kier molecular flexibility index (Phi) is 5.97. The van der Waals surface area contributed by atoms with Gasteiger partial charge in [0.15, 0.2) is 0 Å². The fourth-order valence-corrected chi connectivity index (χ4v) is 5.20. The summed E-state index contributed by atoms with van der Waals surface area (Å²) in [7, 11) is 1.34. The number of morpholine rings is 1. The number of aliphatic hydroxyl groups excluding tert-OH is 1. The zero-order valence-electron chi connectivity index (χ0n) is 16.6. The molecule has 8 heteroatoms. The van der Waals surface area contributed by atoms with E-state index in [1.54, 1.807) is 12.1 Å². The number of carbonyl (C=O) groups is 1. The van der Waals surface area contributed by atoms with Gasteiger partial charge in [-0.1, -0.05) is 17.7 Å². The largest absolute Gasteiger partial charge is 0.465 e. The van der Waals surface area contributed by atoms with Gasteiger partial charge in [-0.15, -0.1) is 11.3 Å². The van der Waals surface area contributed by atoms with E-state index in [1.165, 1.54) is 24.5 Å². The summed E-state index contributed by atoms with van der Waals surface area (Å²) in [6.45, 7) is 3.41. The molecule has 1 saturated heterocycles. The normalized spacial score (nSPS) is 16.8. The molecule has 158 valence electrons. The van der Waals surface area contributed by atoms with Gasteiger partial charge in [-0.2, -0.15) is 0 Å². The van der Waals surface area contributed by atoms with E-state index in [0.717, 1.165) is 31.8 Å². The van der Waals surface area contributed by atoms with Crippen molar-refractivity contribution in [3.8, 4) is 11.1 Å². The number of methoxy groups -OCH3 is 1. The number of anilines is 1. The Hall–Kier alpha value is -2.19. The highest BCUT2D eigenvalue weighted by Crippen LogP contribution is 2.41. The number of fused-ring (bicyclic) bond motifs is 1. The van der Waals surface area contributed by atoms with Crippen LogP contribution in [0.4, 0.5) is 10.1 Å². The molecular formula is C22H21ClFNO4S. The van der Waals surface area contributed by atoms with Crippen molar-refractivity contribution in [3.63, 3.8) is 0 Å². The number of thiophene rings is 1. The van der Waals surface area contributed by atoms with Gasteiger partial charge >= 0.3 is 5.97 Å². The molecule has 2 aromatic carbocycles. The van der Waals surface area contributed by atoms with Crippen LogP contribution in [0.5, 0.6) is 0 Å². The van der Waals surface area contributed by atoms with Crippen molar-refractivity contribution in [2.75, 3.05) is 38.3 Å². The van der Waals surface area contributed by atoms with Gasteiger partial charge in [-0.25, -0.2) is 9.18 Å². The maximum Gasteiger partial charge on any atom is 0.339 e. The van der Waals surface area contributed by atoms with Crippen LogP contribution in [0.3, 0.4) is 0 Å². The Morgan fingerprint density at radius 3 is 2.93 bits per heavy atom. The second-order valence-electron chi connectivity index (χ2n) is 7.14. The molecule has 0 radical (unpaired) electrons. The fraction of sp³-hybridized carbons (Fsp3) is 0.318. The monoisotopic (exact) mass is 449 g/mol. The minimum absolute atomic E-state index is 0.0870. The summed E-state index contributed by atoms with van der Waals surface area (Å²) in [5, 5.41) is 10.3. The van der Waals surface area contributed by atoms with Crippen molar-refractivity contribution in [2.24, 2.45) is 0 Å². The Labute approximate surface area is 182 Å². The van der Waals surface area contributed by atoms with Crippen LogP contribution < -0.4 is 4.90 Å². The van der Waals surface area contributed by atoms with E-state index in [-0.39, 0.29) is 17.7 Å². The maximum absolute atomic E-state index is 14.2. The molecule has 2 heterocycles. The summed E-state index contributed by atoms with van der Waals surface area (Å²) in [6, 6.07) is 8.65. The number of ether oxygens (including phenoxy) is 2. The Bertz CT molecular complexity index is 1120. The number of hydrogen-bond acceptors (Lipinski definition) is 6. The maximum atomic E-state index is 14.2. The lowest BCUT2D eigenvalue weighted by molar-refractivity contribution is 0.00348. The fourth-order valence-electron chi connectivity index (χ4n) is 3.86. The first-order chi connectivity index (χ1) is 14.4. The van der Waals surface area contributed by atoms with Crippen LogP contribution in [0.2, 0.25) is 5.02 Å². The molecular weight excluding hydrogens is 429 g/mol. The first-order valence-electron chi connectivity index (χ1n) is 9.51. The number of benzene rings is 2. The minimum atomic E-state index is -0.476. The molecule has 0 unspecified atom stereocenters. The Morgan fingerprint density at radius 1 is 1.40 bits per heavy atom. The third kappa shape index (κ3) is 3.78. The number of hydrogen-bond donors (Lipinski definition) is 1. The zero-order valence-corrected chi connectivity index (χ0v) is 18.1. The lowest BCUT2D eigenvalue weighted by Gasteiger charge is -2.34. The molecule has 1 aromatic heterocycles. The smallest absolute Gasteiger partial charge is 0.339 e. The van der Waals surface area contributed by atoms with Gasteiger partial charge < -0.3 is 19.5 Å². The number of nitrogens with zero attached hydrogens (tertiary/aromatic N) is 1. The van der Waals surface area contributed by atoms with Crippen molar-refractivity contribution in [3.05, 3.63) is 51.6 Å². The molecule has 0 saturated carbocycles. The van der Waals surface area contributed by atoms with E-state index in [1.807, 2.05) is 24.0 Å². The number of esters is 1. The molecule has 1 N–H and O–H groups in total. The van der Waals surface area contributed by atoms with Crippen LogP contribution in [0.25, 0.3) is 21.2 Å². The molecule has 0 aliphatic carbocycles. The molecule has 1 fully saturated rings. The predicted molar refractivity (Wildman–Crippen MR) is 117 cm³/mol. The molecule has 4 rings (SSSR count). The van der Waals surface area contributed by atoms with Gasteiger partial charge in [-0.05, 0) is 36.8 Å². The summed E-state index contributed by atoms with van der Waals surface area (Å²) in [5.41, 5.74) is 2.81. The van der Waals surface area contributed by atoms with Gasteiger partial charge in [-0.3, -0.25) is 0 Å². The molecule has 30 heavy (non-hydrogen) atoms. The van der Waals surface area contributed by atoms with Crippen LogP contribution in [-0.4, -0.2) is 50.6 Å². The zero-order chi connectivity index (χ0) is 21.4. The van der Waals surface area contributed by atoms with Gasteiger partial charge in [0.1, 0.15) is 5.82 Å². The van der Waals surface area contributed by atoms with E-state index in [4.69, 9.17) is 21.1 Å². The first-order valence-corrected chi connectivity index (χ1v) is 10.7. The molecule has 1 atom stereocenters. The lowest BCUT2D eigenvalue weighted by atomic mass is 9.98. The summed E-state index contributed by atoms with van der Waals surface area (Å²) < 4.78 is 25.6. The highest BCUT2D eigenvalue weighted by atomic mass is 35.5. The first kappa shape index (κ1) is 21.1. The topological polar surface area (TPSA) is 59.0 Å². The highest BCUT2D eigenvalue weighted by Gasteiger charge is 2.25. The van der Waals surface area contributed by atoms with E-state index < -0.39 is 11.8 Å². The second kappa shape index (κ2) is 8.51. The molecule has 3 aromatic rings. The summed E-state index contributed by atoms with van der Waals surface area (Å²) in [4.78, 5) is 15.6. The van der Waals surface area contributed by atoms with Gasteiger partial charge in [0.2, 0.25) is 0 Å². The number of aryl methyl sites for hydroxylation is 1. The molecule has 1 aliphatic heterocycles. The predicted octanol–water partition coefficient (Wildman–Crippen LogP) is 4.65. The van der Waals surface area contributed by atoms with Crippen molar-refractivity contribution in [1.29, 1.82) is 0 Å². The third-order valence-electron chi connectivity index (χ3n) is 5.28. The number of aliphatic hydroxyl groups is 1. The van der Waals surface area contributed by atoms with Crippen LogP contribution in [0, 0.1) is 12.7 Å². The SMILES string of the molecule is COC(=O)c1cc(-c2c(C)sc3cc(Cl)c(F)cc23)ccc1N1CCO[C@H](CO)C1. The van der Waals surface area contributed by atoms with Crippen LogP contribution in [-0.2, 0) is 9.47 Å². The van der Waals surface area contributed by atoms with Gasteiger partial charge in [0.05, 0.1) is 42.7 Å².